The third kappa shape index (κ3) is 4.72. The van der Waals surface area contributed by atoms with Gasteiger partial charge in [-0.15, -0.1) is 0 Å². The van der Waals surface area contributed by atoms with E-state index in [-0.39, 0.29) is 17.9 Å². The van der Waals surface area contributed by atoms with Crippen molar-refractivity contribution < 1.29 is 35.3 Å². The van der Waals surface area contributed by atoms with Crippen LogP contribution in [0.1, 0.15) is 22.8 Å². The number of hydrogen-bond donors (Lipinski definition) is 0. The molecule has 0 N–H and O–H groups in total. The number of esters is 1. The molecule has 0 saturated carbocycles. The highest BCUT2D eigenvalue weighted by molar-refractivity contribution is 7.87. The Labute approximate surface area is 142 Å². The van der Waals surface area contributed by atoms with Gasteiger partial charge >= 0.3 is 22.3 Å². The Kier molecular flexibility index (Phi) is 5.36. The second-order valence-corrected chi connectivity index (χ2v) is 6.35. The summed E-state index contributed by atoms with van der Waals surface area (Å²) in [5.74, 6) is -0.660. The molecule has 0 radical (unpaired) electrons. The summed E-state index contributed by atoms with van der Waals surface area (Å²) in [6.45, 7) is 1.84. The van der Waals surface area contributed by atoms with Crippen LogP contribution in [0.15, 0.2) is 53.4 Å². The number of alkyl halides is 3. The van der Waals surface area contributed by atoms with Crippen LogP contribution in [0.25, 0.3) is 0 Å². The Morgan fingerprint density at radius 2 is 1.56 bits per heavy atom. The first-order chi connectivity index (χ1) is 11.6. The van der Waals surface area contributed by atoms with E-state index < -0.39 is 32.7 Å². The molecule has 0 aliphatic heterocycles. The van der Waals surface area contributed by atoms with Crippen molar-refractivity contribution in [2.24, 2.45) is 0 Å². The number of carbonyl (C=O) groups excluding carboxylic acids is 1. The van der Waals surface area contributed by atoms with E-state index in [4.69, 9.17) is 8.92 Å². The highest BCUT2D eigenvalue weighted by Gasteiger charge is 2.30. The van der Waals surface area contributed by atoms with Crippen molar-refractivity contribution >= 4 is 16.1 Å². The topological polar surface area (TPSA) is 69.7 Å². The van der Waals surface area contributed by atoms with Crippen LogP contribution in [-0.4, -0.2) is 21.0 Å². The molecule has 0 spiro atoms. The average molecular weight is 374 g/mol. The van der Waals surface area contributed by atoms with Crippen molar-refractivity contribution in [1.29, 1.82) is 0 Å². The molecule has 9 heteroatoms. The van der Waals surface area contributed by atoms with Gasteiger partial charge in [0.2, 0.25) is 0 Å². The second kappa shape index (κ2) is 7.14. The van der Waals surface area contributed by atoms with Crippen molar-refractivity contribution in [3.05, 3.63) is 59.7 Å². The van der Waals surface area contributed by atoms with Crippen molar-refractivity contribution in [2.75, 3.05) is 6.61 Å². The lowest BCUT2D eigenvalue weighted by molar-refractivity contribution is -0.137. The van der Waals surface area contributed by atoms with Crippen molar-refractivity contribution in [1.82, 2.24) is 0 Å². The summed E-state index contributed by atoms with van der Waals surface area (Å²) in [6.07, 6.45) is -4.56. The third-order valence-corrected chi connectivity index (χ3v) is 4.30. The normalized spacial score (nSPS) is 11.8. The summed E-state index contributed by atoms with van der Waals surface area (Å²) in [6, 6.07) is 8.05. The highest BCUT2D eigenvalue weighted by atomic mass is 32.2. The third-order valence-electron chi connectivity index (χ3n) is 3.04. The number of carbonyl (C=O) groups is 1. The Morgan fingerprint density at radius 1 is 1.00 bits per heavy atom. The Balaban J connectivity index is 2.17. The molecular formula is C16H13F3O5S. The average Bonchev–Trinajstić information content (AvgIpc) is 2.55. The number of halogens is 3. The monoisotopic (exact) mass is 374 g/mol. The molecule has 0 bridgehead atoms. The lowest BCUT2D eigenvalue weighted by atomic mass is 10.2. The maximum Gasteiger partial charge on any atom is 0.416 e. The lowest BCUT2D eigenvalue weighted by Crippen LogP contribution is -2.11. The van der Waals surface area contributed by atoms with E-state index in [2.05, 4.69) is 0 Å². The molecule has 0 aliphatic carbocycles. The van der Waals surface area contributed by atoms with Gasteiger partial charge in [0.1, 0.15) is 10.6 Å². The number of ether oxygens (including phenoxy) is 1. The summed E-state index contributed by atoms with van der Waals surface area (Å²) >= 11 is 0. The van der Waals surface area contributed by atoms with Crippen LogP contribution < -0.4 is 4.18 Å². The second-order valence-electron chi connectivity index (χ2n) is 4.80. The van der Waals surface area contributed by atoms with Gasteiger partial charge in [-0.2, -0.15) is 21.6 Å². The van der Waals surface area contributed by atoms with Gasteiger partial charge in [0.05, 0.1) is 17.7 Å². The predicted octanol–water partition coefficient (Wildman–Crippen LogP) is 3.65. The molecule has 0 aromatic heterocycles. The molecule has 0 amide bonds. The predicted molar refractivity (Wildman–Crippen MR) is 81.7 cm³/mol. The summed E-state index contributed by atoms with van der Waals surface area (Å²) < 4.78 is 71.3. The molecule has 2 rings (SSSR count). The fraction of sp³-hybridized carbons (Fsp3) is 0.188. The standard InChI is InChI=1S/C16H13F3O5S/c1-2-23-15(20)11-3-7-13(8-4-11)24-25(21,22)14-9-5-12(6-10-14)16(17,18)19/h3-10H,2H2,1H3. The van der Waals surface area contributed by atoms with Gasteiger partial charge in [0.25, 0.3) is 0 Å². The molecule has 2 aromatic carbocycles. The summed E-state index contributed by atoms with van der Waals surface area (Å²) in [5.41, 5.74) is -0.758. The maximum atomic E-state index is 12.5. The van der Waals surface area contributed by atoms with Crippen LogP contribution in [0, 0.1) is 0 Å². The molecule has 2 aromatic rings. The molecule has 0 fully saturated rings. The summed E-state index contributed by atoms with van der Waals surface area (Å²) in [5, 5.41) is 0. The van der Waals surface area contributed by atoms with E-state index in [1.807, 2.05) is 0 Å². The van der Waals surface area contributed by atoms with Gasteiger partial charge in [0, 0.05) is 0 Å². The summed E-state index contributed by atoms with van der Waals surface area (Å²) in [7, 11) is -4.30. The molecule has 5 nitrogen and oxygen atoms in total. The van der Waals surface area contributed by atoms with Crippen LogP contribution >= 0.6 is 0 Å². The fourth-order valence-corrected chi connectivity index (χ4v) is 2.78. The summed E-state index contributed by atoms with van der Waals surface area (Å²) in [4.78, 5) is 11.1. The number of rotatable bonds is 5. The highest BCUT2D eigenvalue weighted by Crippen LogP contribution is 2.30. The minimum atomic E-state index is -4.56. The van der Waals surface area contributed by atoms with Crippen LogP contribution in [0.2, 0.25) is 0 Å². The Bertz CT molecular complexity index is 841. The van der Waals surface area contributed by atoms with Gasteiger partial charge < -0.3 is 8.92 Å². The van der Waals surface area contributed by atoms with Gasteiger partial charge in [-0.1, -0.05) is 0 Å². The molecule has 134 valence electrons. The van der Waals surface area contributed by atoms with Gasteiger partial charge in [-0.05, 0) is 55.5 Å². The Hall–Kier alpha value is -2.55. The van der Waals surface area contributed by atoms with Crippen LogP contribution in [0.3, 0.4) is 0 Å². The largest absolute Gasteiger partial charge is 0.462 e. The first-order valence-electron chi connectivity index (χ1n) is 7.02. The quantitative estimate of drug-likeness (QED) is 0.590. The van der Waals surface area contributed by atoms with E-state index >= 15 is 0 Å². The van der Waals surface area contributed by atoms with Crippen LogP contribution in [-0.2, 0) is 21.0 Å². The fourth-order valence-electron chi connectivity index (χ4n) is 1.85. The Morgan fingerprint density at radius 3 is 2.04 bits per heavy atom. The van der Waals surface area contributed by atoms with Gasteiger partial charge in [0.15, 0.2) is 0 Å². The molecule has 0 aliphatic rings. The zero-order chi connectivity index (χ0) is 18.7. The first kappa shape index (κ1) is 18.8. The van der Waals surface area contributed by atoms with Crippen molar-refractivity contribution in [3.63, 3.8) is 0 Å². The molecule has 0 unspecified atom stereocenters. The number of hydrogen-bond acceptors (Lipinski definition) is 5. The smallest absolute Gasteiger partial charge is 0.416 e. The molecule has 0 heterocycles. The lowest BCUT2D eigenvalue weighted by Gasteiger charge is -2.10. The minimum Gasteiger partial charge on any atom is -0.462 e. The van der Waals surface area contributed by atoms with E-state index in [0.717, 1.165) is 12.1 Å². The van der Waals surface area contributed by atoms with Crippen molar-refractivity contribution in [3.8, 4) is 5.75 Å². The van der Waals surface area contributed by atoms with E-state index in [9.17, 15) is 26.4 Å². The molecule has 0 atom stereocenters. The van der Waals surface area contributed by atoms with Crippen molar-refractivity contribution in [2.45, 2.75) is 18.0 Å². The zero-order valence-corrected chi connectivity index (χ0v) is 13.7. The van der Waals surface area contributed by atoms with Crippen LogP contribution in [0.4, 0.5) is 13.2 Å². The van der Waals surface area contributed by atoms with E-state index in [1.54, 1.807) is 6.92 Å². The molecular weight excluding hydrogens is 361 g/mol. The number of benzene rings is 2. The van der Waals surface area contributed by atoms with Gasteiger partial charge in [-0.3, -0.25) is 0 Å². The maximum absolute atomic E-state index is 12.5. The minimum absolute atomic E-state index is 0.0899. The molecule has 25 heavy (non-hydrogen) atoms. The van der Waals surface area contributed by atoms with E-state index in [1.165, 1.54) is 24.3 Å². The molecule has 0 saturated heterocycles. The SMILES string of the molecule is CCOC(=O)c1ccc(OS(=O)(=O)c2ccc(C(F)(F)F)cc2)cc1. The zero-order valence-electron chi connectivity index (χ0n) is 12.9. The van der Waals surface area contributed by atoms with Gasteiger partial charge in [-0.25, -0.2) is 4.79 Å². The first-order valence-corrected chi connectivity index (χ1v) is 8.43. The van der Waals surface area contributed by atoms with E-state index in [0.29, 0.717) is 12.1 Å². The van der Waals surface area contributed by atoms with Crippen LogP contribution in [0.5, 0.6) is 5.75 Å².